The lowest BCUT2D eigenvalue weighted by Crippen LogP contribution is -2.20. The van der Waals surface area contributed by atoms with Crippen LogP contribution in [0.4, 0.5) is 11.4 Å². The highest BCUT2D eigenvalue weighted by molar-refractivity contribution is 7.80. The molecule has 0 heterocycles. The summed E-state index contributed by atoms with van der Waals surface area (Å²) in [5, 5.41) is 6.41. The Balaban J connectivity index is 1.85. The molecule has 2 N–H and O–H groups in total. The molecule has 102 valence electrons. The molecule has 2 aromatic carbocycles. The van der Waals surface area contributed by atoms with E-state index in [-0.39, 0.29) is 12.3 Å². The minimum absolute atomic E-state index is 0.132. The van der Waals surface area contributed by atoms with Gasteiger partial charge in [0.2, 0.25) is 5.91 Å². The smallest absolute Gasteiger partial charge is 0.231 e. The minimum atomic E-state index is -0.166. The number of halogens is 1. The van der Waals surface area contributed by atoms with Crippen LogP contribution in [0.15, 0.2) is 54.6 Å². The second kappa shape index (κ2) is 7.03. The van der Waals surface area contributed by atoms with Gasteiger partial charge in [-0.25, -0.2) is 0 Å². The second-order valence-electron chi connectivity index (χ2n) is 4.15. The summed E-state index contributed by atoms with van der Waals surface area (Å²) in [6.07, 6.45) is 0.132. The summed E-state index contributed by atoms with van der Waals surface area (Å²) in [4.78, 5) is 12.3. The first-order valence-electron chi connectivity index (χ1n) is 6.04. The number of para-hydroxylation sites is 1. The molecular weight excluding hydrogens is 292 g/mol. The Labute approximate surface area is 128 Å². The van der Waals surface area contributed by atoms with E-state index >= 15 is 0 Å². The Kier molecular flexibility index (Phi) is 5.09. The van der Waals surface area contributed by atoms with Crippen molar-refractivity contribution in [2.24, 2.45) is 0 Å². The number of hydrogen-bond donors (Lipinski definition) is 2. The normalized spacial score (nSPS) is 9.85. The number of thiocarbonyl (C=S) groups is 1. The summed E-state index contributed by atoms with van der Waals surface area (Å²) in [5.74, 6) is -0.166. The molecule has 0 fully saturated rings. The van der Waals surface area contributed by atoms with Crippen LogP contribution in [0.2, 0.25) is 5.02 Å². The van der Waals surface area contributed by atoms with Gasteiger partial charge in [0, 0.05) is 16.4 Å². The zero-order valence-corrected chi connectivity index (χ0v) is 12.2. The number of hydrogen-bond acceptors (Lipinski definition) is 2. The van der Waals surface area contributed by atoms with Crippen molar-refractivity contribution in [3.8, 4) is 0 Å². The lowest BCUT2D eigenvalue weighted by Gasteiger charge is -2.08. The average Bonchev–Trinajstić information content (AvgIpc) is 2.42. The number of carbonyl (C=O) groups is 1. The number of rotatable bonds is 4. The number of benzene rings is 2. The van der Waals surface area contributed by atoms with Gasteiger partial charge in [-0.05, 0) is 36.4 Å². The third kappa shape index (κ3) is 4.64. The molecule has 2 aromatic rings. The molecule has 0 aliphatic rings. The summed E-state index contributed by atoms with van der Waals surface area (Å²) in [7, 11) is 0. The highest BCUT2D eigenvalue weighted by Crippen LogP contribution is 2.14. The van der Waals surface area contributed by atoms with Gasteiger partial charge in [0.05, 0.1) is 11.4 Å². The molecule has 0 bridgehead atoms. The van der Waals surface area contributed by atoms with E-state index in [4.69, 9.17) is 23.8 Å². The maximum Gasteiger partial charge on any atom is 0.231 e. The fourth-order valence-corrected chi connectivity index (χ4v) is 1.99. The van der Waals surface area contributed by atoms with Crippen LogP contribution in [-0.2, 0) is 4.79 Å². The molecule has 0 saturated heterocycles. The molecule has 0 unspecified atom stereocenters. The molecular formula is C15H13ClN2OS. The van der Waals surface area contributed by atoms with Gasteiger partial charge in [0.25, 0.3) is 0 Å². The van der Waals surface area contributed by atoms with E-state index < -0.39 is 0 Å². The Morgan fingerprint density at radius 1 is 0.950 bits per heavy atom. The number of anilines is 2. The number of nitrogens with one attached hydrogen (secondary N) is 2. The summed E-state index contributed by atoms with van der Waals surface area (Å²) >= 11 is 10.9. The first-order chi connectivity index (χ1) is 9.63. The predicted octanol–water partition coefficient (Wildman–Crippen LogP) is 4.11. The zero-order valence-electron chi connectivity index (χ0n) is 10.6. The number of amides is 1. The van der Waals surface area contributed by atoms with Gasteiger partial charge < -0.3 is 10.6 Å². The van der Waals surface area contributed by atoms with Crippen LogP contribution in [0.3, 0.4) is 0 Å². The van der Waals surface area contributed by atoms with Gasteiger partial charge in [0.15, 0.2) is 0 Å². The maximum atomic E-state index is 11.8. The van der Waals surface area contributed by atoms with Crippen molar-refractivity contribution < 1.29 is 4.79 Å². The highest BCUT2D eigenvalue weighted by atomic mass is 35.5. The molecule has 3 nitrogen and oxygen atoms in total. The van der Waals surface area contributed by atoms with E-state index in [0.717, 1.165) is 5.69 Å². The molecule has 1 amide bonds. The van der Waals surface area contributed by atoms with Crippen molar-refractivity contribution in [1.29, 1.82) is 0 Å². The van der Waals surface area contributed by atoms with E-state index in [1.807, 2.05) is 30.3 Å². The van der Waals surface area contributed by atoms with Gasteiger partial charge >= 0.3 is 0 Å². The van der Waals surface area contributed by atoms with Gasteiger partial charge in [-0.2, -0.15) is 0 Å². The predicted molar refractivity (Wildman–Crippen MR) is 87.4 cm³/mol. The molecule has 0 radical (unpaired) electrons. The van der Waals surface area contributed by atoms with Crippen molar-refractivity contribution in [3.05, 3.63) is 59.6 Å². The number of carbonyl (C=O) groups excluding carboxylic acids is 1. The Hall–Kier alpha value is -1.91. The van der Waals surface area contributed by atoms with Gasteiger partial charge in [-0.15, -0.1) is 0 Å². The molecule has 0 atom stereocenters. The SMILES string of the molecule is O=C(CC(=S)Nc1ccccc1)Nc1ccc(Cl)cc1. The quantitative estimate of drug-likeness (QED) is 0.835. The van der Waals surface area contributed by atoms with Crippen molar-refractivity contribution in [1.82, 2.24) is 0 Å². The van der Waals surface area contributed by atoms with Crippen molar-refractivity contribution in [2.45, 2.75) is 6.42 Å². The monoisotopic (exact) mass is 304 g/mol. The van der Waals surface area contributed by atoms with Crippen LogP contribution in [0, 0.1) is 0 Å². The largest absolute Gasteiger partial charge is 0.350 e. The fourth-order valence-electron chi connectivity index (χ4n) is 1.61. The topological polar surface area (TPSA) is 41.1 Å². The van der Waals surface area contributed by atoms with E-state index in [2.05, 4.69) is 10.6 Å². The van der Waals surface area contributed by atoms with E-state index in [1.54, 1.807) is 24.3 Å². The van der Waals surface area contributed by atoms with E-state index in [0.29, 0.717) is 15.7 Å². The molecule has 5 heteroatoms. The van der Waals surface area contributed by atoms with Crippen molar-refractivity contribution in [3.63, 3.8) is 0 Å². The lowest BCUT2D eigenvalue weighted by molar-refractivity contribution is -0.115. The first kappa shape index (κ1) is 14.5. The van der Waals surface area contributed by atoms with Crippen LogP contribution < -0.4 is 10.6 Å². The Morgan fingerprint density at radius 2 is 1.55 bits per heavy atom. The van der Waals surface area contributed by atoms with Crippen LogP contribution in [-0.4, -0.2) is 10.9 Å². The summed E-state index contributed by atoms with van der Waals surface area (Å²) in [6.45, 7) is 0. The molecule has 20 heavy (non-hydrogen) atoms. The molecule has 2 rings (SSSR count). The molecule has 0 aromatic heterocycles. The first-order valence-corrected chi connectivity index (χ1v) is 6.82. The highest BCUT2D eigenvalue weighted by Gasteiger charge is 2.06. The third-order valence-corrected chi connectivity index (χ3v) is 3.01. The van der Waals surface area contributed by atoms with Crippen LogP contribution in [0.5, 0.6) is 0 Å². The van der Waals surface area contributed by atoms with Crippen LogP contribution in [0.1, 0.15) is 6.42 Å². The van der Waals surface area contributed by atoms with Gasteiger partial charge in [0.1, 0.15) is 0 Å². The fraction of sp³-hybridized carbons (Fsp3) is 0.0667. The lowest BCUT2D eigenvalue weighted by atomic mass is 10.3. The van der Waals surface area contributed by atoms with Gasteiger partial charge in [-0.1, -0.05) is 42.0 Å². The summed E-state index contributed by atoms with van der Waals surface area (Å²) in [6, 6.07) is 16.4. The maximum absolute atomic E-state index is 11.8. The Bertz CT molecular complexity index is 599. The summed E-state index contributed by atoms with van der Waals surface area (Å²) in [5.41, 5.74) is 1.57. The van der Waals surface area contributed by atoms with Crippen molar-refractivity contribution in [2.75, 3.05) is 10.6 Å². The minimum Gasteiger partial charge on any atom is -0.350 e. The third-order valence-electron chi connectivity index (χ3n) is 2.51. The molecule has 0 aliphatic heterocycles. The molecule has 0 aliphatic carbocycles. The zero-order chi connectivity index (χ0) is 14.4. The van der Waals surface area contributed by atoms with Gasteiger partial charge in [-0.3, -0.25) is 4.79 Å². The molecule has 0 saturated carbocycles. The second-order valence-corrected chi connectivity index (χ2v) is 5.08. The average molecular weight is 305 g/mol. The summed E-state index contributed by atoms with van der Waals surface area (Å²) < 4.78 is 0. The molecule has 0 spiro atoms. The Morgan fingerprint density at radius 3 is 2.20 bits per heavy atom. The van der Waals surface area contributed by atoms with Crippen LogP contribution >= 0.6 is 23.8 Å². The van der Waals surface area contributed by atoms with Crippen LogP contribution in [0.25, 0.3) is 0 Å². The van der Waals surface area contributed by atoms with E-state index in [1.165, 1.54) is 0 Å². The van der Waals surface area contributed by atoms with E-state index in [9.17, 15) is 4.79 Å². The standard InChI is InChI=1S/C15H13ClN2OS/c16-11-6-8-13(9-7-11)17-14(19)10-15(20)18-12-4-2-1-3-5-12/h1-9H,10H2,(H,17,19)(H,18,20). The van der Waals surface area contributed by atoms with Crippen molar-refractivity contribution >= 4 is 46.1 Å².